The molecule has 2 heterocycles. The first-order valence-electron chi connectivity index (χ1n) is 5.88. The lowest BCUT2D eigenvalue weighted by Crippen LogP contribution is -2.26. The van der Waals surface area contributed by atoms with Gasteiger partial charge in [0.2, 0.25) is 0 Å². The maximum Gasteiger partial charge on any atom is 0.139 e. The van der Waals surface area contributed by atoms with E-state index in [4.69, 9.17) is 10.5 Å². The van der Waals surface area contributed by atoms with Gasteiger partial charge in [-0.05, 0) is 12.8 Å². The van der Waals surface area contributed by atoms with Crippen LogP contribution in [0.5, 0.6) is 5.75 Å². The van der Waals surface area contributed by atoms with Crippen LogP contribution in [0.1, 0.15) is 19.8 Å². The van der Waals surface area contributed by atoms with Crippen molar-refractivity contribution in [3.8, 4) is 5.75 Å². The highest BCUT2D eigenvalue weighted by molar-refractivity contribution is 5.49. The van der Waals surface area contributed by atoms with Crippen molar-refractivity contribution in [2.24, 2.45) is 5.73 Å². The minimum absolute atomic E-state index is 0.292. The highest BCUT2D eigenvalue weighted by Crippen LogP contribution is 2.22. The van der Waals surface area contributed by atoms with E-state index in [-0.39, 0.29) is 0 Å². The van der Waals surface area contributed by atoms with Crippen molar-refractivity contribution in [1.29, 1.82) is 0 Å². The maximum atomic E-state index is 5.89. The summed E-state index contributed by atoms with van der Waals surface area (Å²) in [6.07, 6.45) is 5.70. The van der Waals surface area contributed by atoms with Gasteiger partial charge in [0.15, 0.2) is 0 Å². The molecule has 4 heteroatoms. The Morgan fingerprint density at radius 1 is 1.56 bits per heavy atom. The zero-order valence-electron chi connectivity index (χ0n) is 9.72. The molecular weight excluding hydrogens is 202 g/mol. The molecule has 4 nitrogen and oxygen atoms in total. The standard InChI is InChI=1S/C12H19N3O/c1-2-5-16-12-6-11(7-14-8-12)15-4-3-10(13)9-15/h6-8,10H,2-5,9,13H2,1H3. The van der Waals surface area contributed by atoms with Gasteiger partial charge in [-0.3, -0.25) is 4.98 Å². The van der Waals surface area contributed by atoms with Crippen molar-refractivity contribution in [3.05, 3.63) is 18.5 Å². The van der Waals surface area contributed by atoms with E-state index in [0.29, 0.717) is 6.04 Å². The molecule has 1 unspecified atom stereocenters. The molecular formula is C12H19N3O. The molecule has 0 spiro atoms. The summed E-state index contributed by atoms with van der Waals surface area (Å²) in [4.78, 5) is 6.46. The summed E-state index contributed by atoms with van der Waals surface area (Å²) in [5.74, 6) is 0.847. The average Bonchev–Trinajstić information content (AvgIpc) is 2.74. The van der Waals surface area contributed by atoms with Crippen molar-refractivity contribution in [3.63, 3.8) is 0 Å². The van der Waals surface area contributed by atoms with Crippen LogP contribution >= 0.6 is 0 Å². The maximum absolute atomic E-state index is 5.89. The Morgan fingerprint density at radius 3 is 3.12 bits per heavy atom. The number of aromatic nitrogens is 1. The van der Waals surface area contributed by atoms with E-state index in [9.17, 15) is 0 Å². The third-order valence-corrected chi connectivity index (χ3v) is 2.76. The van der Waals surface area contributed by atoms with Gasteiger partial charge in [-0.2, -0.15) is 0 Å². The van der Waals surface area contributed by atoms with Crippen molar-refractivity contribution in [2.75, 3.05) is 24.6 Å². The summed E-state index contributed by atoms with van der Waals surface area (Å²) < 4.78 is 5.56. The number of ether oxygens (including phenoxy) is 1. The van der Waals surface area contributed by atoms with Crippen LogP contribution in [0.2, 0.25) is 0 Å². The van der Waals surface area contributed by atoms with Gasteiger partial charge in [-0.1, -0.05) is 6.92 Å². The SMILES string of the molecule is CCCOc1cncc(N2CCC(N)C2)c1. The molecule has 0 amide bonds. The Bertz CT molecular complexity index is 343. The Balaban J connectivity index is 2.04. The highest BCUT2D eigenvalue weighted by Gasteiger charge is 2.19. The monoisotopic (exact) mass is 221 g/mol. The van der Waals surface area contributed by atoms with Crippen LogP contribution in [0.25, 0.3) is 0 Å². The van der Waals surface area contributed by atoms with Gasteiger partial charge < -0.3 is 15.4 Å². The van der Waals surface area contributed by atoms with Gasteiger partial charge >= 0.3 is 0 Å². The van der Waals surface area contributed by atoms with Crippen LogP contribution in [-0.2, 0) is 0 Å². The average molecular weight is 221 g/mol. The highest BCUT2D eigenvalue weighted by atomic mass is 16.5. The second-order valence-corrected chi connectivity index (χ2v) is 4.22. The molecule has 2 rings (SSSR count). The number of nitrogens with zero attached hydrogens (tertiary/aromatic N) is 2. The van der Waals surface area contributed by atoms with Gasteiger partial charge in [-0.25, -0.2) is 0 Å². The van der Waals surface area contributed by atoms with Crippen LogP contribution in [0.4, 0.5) is 5.69 Å². The minimum Gasteiger partial charge on any atom is -0.492 e. The van der Waals surface area contributed by atoms with E-state index in [1.165, 1.54) is 0 Å². The van der Waals surface area contributed by atoms with Crippen LogP contribution in [0.3, 0.4) is 0 Å². The molecule has 1 saturated heterocycles. The lowest BCUT2D eigenvalue weighted by atomic mass is 10.3. The Hall–Kier alpha value is -1.29. The van der Waals surface area contributed by atoms with E-state index in [1.807, 2.05) is 12.3 Å². The lowest BCUT2D eigenvalue weighted by molar-refractivity contribution is 0.316. The van der Waals surface area contributed by atoms with Crippen LogP contribution in [-0.4, -0.2) is 30.7 Å². The summed E-state index contributed by atoms with van der Waals surface area (Å²) in [5, 5.41) is 0. The second kappa shape index (κ2) is 5.16. The van der Waals surface area contributed by atoms with Crippen molar-refractivity contribution in [1.82, 2.24) is 4.98 Å². The number of hydrogen-bond donors (Lipinski definition) is 1. The lowest BCUT2D eigenvalue weighted by Gasteiger charge is -2.18. The number of pyridine rings is 1. The van der Waals surface area contributed by atoms with E-state index >= 15 is 0 Å². The molecule has 0 saturated carbocycles. The Kier molecular flexibility index (Phi) is 3.62. The molecule has 1 atom stereocenters. The molecule has 1 aliphatic rings. The summed E-state index contributed by atoms with van der Waals surface area (Å²) in [5.41, 5.74) is 7.00. The van der Waals surface area contributed by atoms with Crippen molar-refractivity contribution in [2.45, 2.75) is 25.8 Å². The topological polar surface area (TPSA) is 51.4 Å². The normalized spacial score (nSPS) is 20.1. The first-order valence-corrected chi connectivity index (χ1v) is 5.88. The molecule has 0 radical (unpaired) electrons. The minimum atomic E-state index is 0.292. The van der Waals surface area contributed by atoms with Crippen LogP contribution in [0, 0.1) is 0 Å². The van der Waals surface area contributed by atoms with Gasteiger partial charge in [0.25, 0.3) is 0 Å². The molecule has 0 bridgehead atoms. The molecule has 2 N–H and O–H groups in total. The summed E-state index contributed by atoms with van der Waals surface area (Å²) >= 11 is 0. The van der Waals surface area contributed by atoms with Gasteiger partial charge in [0.05, 0.1) is 24.7 Å². The molecule has 0 aliphatic carbocycles. The van der Waals surface area contributed by atoms with Crippen molar-refractivity contribution < 1.29 is 4.74 Å². The quantitative estimate of drug-likeness (QED) is 0.835. The van der Waals surface area contributed by atoms with E-state index < -0.39 is 0 Å². The predicted molar refractivity (Wildman–Crippen MR) is 64.8 cm³/mol. The van der Waals surface area contributed by atoms with Gasteiger partial charge in [-0.15, -0.1) is 0 Å². The molecule has 88 valence electrons. The van der Waals surface area contributed by atoms with Gasteiger partial charge in [0.1, 0.15) is 5.75 Å². The van der Waals surface area contributed by atoms with Crippen LogP contribution in [0.15, 0.2) is 18.5 Å². The largest absolute Gasteiger partial charge is 0.492 e. The molecule has 0 aromatic carbocycles. The van der Waals surface area contributed by atoms with Crippen LogP contribution < -0.4 is 15.4 Å². The third kappa shape index (κ3) is 2.64. The second-order valence-electron chi connectivity index (χ2n) is 4.22. The smallest absolute Gasteiger partial charge is 0.139 e. The summed E-state index contributed by atoms with van der Waals surface area (Å²) in [7, 11) is 0. The molecule has 1 aliphatic heterocycles. The zero-order chi connectivity index (χ0) is 11.4. The zero-order valence-corrected chi connectivity index (χ0v) is 9.72. The number of nitrogens with two attached hydrogens (primary N) is 1. The third-order valence-electron chi connectivity index (χ3n) is 2.76. The van der Waals surface area contributed by atoms with E-state index in [0.717, 1.165) is 44.0 Å². The van der Waals surface area contributed by atoms with Gasteiger partial charge in [0, 0.05) is 25.2 Å². The first kappa shape index (κ1) is 11.2. The Morgan fingerprint density at radius 2 is 2.44 bits per heavy atom. The Labute approximate surface area is 96.4 Å². The molecule has 1 aromatic rings. The summed E-state index contributed by atoms with van der Waals surface area (Å²) in [6, 6.07) is 2.33. The molecule has 1 aromatic heterocycles. The van der Waals surface area contributed by atoms with E-state index in [2.05, 4.69) is 16.8 Å². The van der Waals surface area contributed by atoms with E-state index in [1.54, 1.807) is 6.20 Å². The molecule has 1 fully saturated rings. The number of rotatable bonds is 4. The molecule has 16 heavy (non-hydrogen) atoms. The first-order chi connectivity index (χ1) is 7.79. The fourth-order valence-corrected chi connectivity index (χ4v) is 1.90. The predicted octanol–water partition coefficient (Wildman–Crippen LogP) is 1.41. The fourth-order valence-electron chi connectivity index (χ4n) is 1.90. The van der Waals surface area contributed by atoms with Crippen molar-refractivity contribution >= 4 is 5.69 Å². The summed E-state index contributed by atoms with van der Waals surface area (Å²) in [6.45, 7) is 4.76. The fraction of sp³-hybridized carbons (Fsp3) is 0.583. The number of hydrogen-bond acceptors (Lipinski definition) is 4. The number of anilines is 1.